The van der Waals surface area contributed by atoms with Crippen LogP contribution in [0.25, 0.3) is 0 Å². The van der Waals surface area contributed by atoms with Crippen molar-refractivity contribution in [2.24, 2.45) is 11.8 Å². The topological polar surface area (TPSA) is 93.8 Å². The molecule has 0 bridgehead atoms. The second-order valence-corrected chi connectivity index (χ2v) is 9.03. The fraction of sp³-hybridized carbons (Fsp3) is 0.550. The van der Waals surface area contributed by atoms with Gasteiger partial charge in [-0.2, -0.15) is 0 Å². The Morgan fingerprint density at radius 1 is 1.17 bits per heavy atom. The molecule has 4 rings (SSSR count). The Labute approximate surface area is 174 Å². The van der Waals surface area contributed by atoms with Crippen molar-refractivity contribution < 1.29 is 14.4 Å². The van der Waals surface area contributed by atoms with E-state index in [4.69, 9.17) is 0 Å². The van der Waals surface area contributed by atoms with Crippen LogP contribution in [0.5, 0.6) is 0 Å². The molecule has 1 aliphatic carbocycles. The summed E-state index contributed by atoms with van der Waals surface area (Å²) in [5, 5.41) is 9.66. The number of rotatable bonds is 6. The van der Waals surface area contributed by atoms with Crippen LogP contribution < -0.4 is 16.0 Å². The molecule has 29 heavy (non-hydrogen) atoms. The zero-order chi connectivity index (χ0) is 20.5. The average molecular weight is 418 g/mol. The van der Waals surface area contributed by atoms with Crippen molar-refractivity contribution in [2.75, 3.05) is 19.8 Å². The molecule has 9 heteroatoms. The van der Waals surface area contributed by atoms with Crippen LogP contribution in [0.3, 0.4) is 0 Å². The standard InChI is InChI=1S/C20H27N5O3S/c1-24-17-15(19(27)25(2)20(24)28)18(23-16(22-17)13-8-9-13)29-11-14(26)21-10-12-6-4-3-5-7-12/h3-7,13,15-18,22-23H,8-11H2,1-2H3,(H,21,26). The van der Waals surface area contributed by atoms with E-state index in [1.807, 2.05) is 30.3 Å². The van der Waals surface area contributed by atoms with Crippen LogP contribution in [0.2, 0.25) is 0 Å². The summed E-state index contributed by atoms with van der Waals surface area (Å²) >= 11 is 1.44. The highest BCUT2D eigenvalue weighted by Crippen LogP contribution is 2.38. The van der Waals surface area contributed by atoms with Crippen LogP contribution in [0.4, 0.5) is 4.79 Å². The molecule has 1 saturated carbocycles. The Morgan fingerprint density at radius 3 is 2.59 bits per heavy atom. The maximum atomic E-state index is 12.9. The van der Waals surface area contributed by atoms with Crippen molar-refractivity contribution in [1.29, 1.82) is 0 Å². The SMILES string of the molecule is CN1C(=O)C2C(SCC(=O)NCc3ccccc3)NC(C3CC3)NC2N(C)C1=O. The molecule has 4 amide bonds. The second kappa shape index (κ2) is 8.33. The van der Waals surface area contributed by atoms with Crippen LogP contribution in [0.15, 0.2) is 30.3 Å². The maximum Gasteiger partial charge on any atom is 0.327 e. The molecule has 2 heterocycles. The fourth-order valence-corrected chi connectivity index (χ4v) is 5.09. The number of imide groups is 1. The lowest BCUT2D eigenvalue weighted by atomic mass is 9.96. The average Bonchev–Trinajstić information content (AvgIpc) is 3.58. The van der Waals surface area contributed by atoms with Gasteiger partial charge in [-0.3, -0.25) is 25.1 Å². The van der Waals surface area contributed by atoms with E-state index in [1.54, 1.807) is 11.9 Å². The van der Waals surface area contributed by atoms with Gasteiger partial charge in [0.2, 0.25) is 11.8 Å². The van der Waals surface area contributed by atoms with Gasteiger partial charge in [-0.05, 0) is 24.3 Å². The Balaban J connectivity index is 1.40. The van der Waals surface area contributed by atoms with Crippen LogP contribution in [-0.2, 0) is 16.1 Å². The molecule has 3 aliphatic rings. The third-order valence-electron chi connectivity index (χ3n) is 5.80. The number of nitrogens with zero attached hydrogens (tertiary/aromatic N) is 2. The highest BCUT2D eigenvalue weighted by molar-refractivity contribution is 8.00. The van der Waals surface area contributed by atoms with Crippen molar-refractivity contribution in [3.05, 3.63) is 35.9 Å². The third-order valence-corrected chi connectivity index (χ3v) is 7.02. The van der Waals surface area contributed by atoms with E-state index in [2.05, 4.69) is 16.0 Å². The Hall–Kier alpha value is -2.10. The number of benzene rings is 1. The number of carbonyl (C=O) groups excluding carboxylic acids is 3. The van der Waals surface area contributed by atoms with E-state index >= 15 is 0 Å². The van der Waals surface area contributed by atoms with Crippen LogP contribution in [-0.4, -0.2) is 65.2 Å². The molecule has 4 unspecified atom stereocenters. The summed E-state index contributed by atoms with van der Waals surface area (Å²) in [6, 6.07) is 9.46. The molecule has 1 aromatic carbocycles. The molecule has 3 N–H and O–H groups in total. The lowest BCUT2D eigenvalue weighted by Gasteiger charge is -2.50. The van der Waals surface area contributed by atoms with Gasteiger partial charge in [0.15, 0.2) is 0 Å². The summed E-state index contributed by atoms with van der Waals surface area (Å²) in [7, 11) is 3.23. The predicted molar refractivity (Wildman–Crippen MR) is 111 cm³/mol. The molecule has 4 atom stereocenters. The first-order chi connectivity index (χ1) is 14.0. The number of carbonyl (C=O) groups is 3. The van der Waals surface area contributed by atoms with Gasteiger partial charge in [-0.15, -0.1) is 11.8 Å². The molecule has 0 spiro atoms. The van der Waals surface area contributed by atoms with E-state index in [-0.39, 0.29) is 41.3 Å². The minimum Gasteiger partial charge on any atom is -0.351 e. The van der Waals surface area contributed by atoms with Gasteiger partial charge in [0, 0.05) is 20.6 Å². The Bertz CT molecular complexity index is 788. The van der Waals surface area contributed by atoms with Gasteiger partial charge in [-0.1, -0.05) is 30.3 Å². The van der Waals surface area contributed by atoms with Crippen molar-refractivity contribution in [3.63, 3.8) is 0 Å². The molecular formula is C20H27N5O3S. The first-order valence-corrected chi connectivity index (χ1v) is 11.0. The van der Waals surface area contributed by atoms with Gasteiger partial charge in [0.1, 0.15) is 0 Å². The zero-order valence-electron chi connectivity index (χ0n) is 16.6. The van der Waals surface area contributed by atoms with Gasteiger partial charge < -0.3 is 10.2 Å². The number of hydrogen-bond acceptors (Lipinski definition) is 6. The highest BCUT2D eigenvalue weighted by Gasteiger charge is 2.52. The highest BCUT2D eigenvalue weighted by atomic mass is 32.2. The van der Waals surface area contributed by atoms with Gasteiger partial charge in [0.25, 0.3) is 0 Å². The number of urea groups is 1. The number of fused-ring (bicyclic) bond motifs is 1. The first kappa shape index (κ1) is 20.2. The normalized spacial score (nSPS) is 29.6. The van der Waals surface area contributed by atoms with Crippen LogP contribution in [0.1, 0.15) is 18.4 Å². The second-order valence-electron chi connectivity index (χ2n) is 7.90. The number of nitrogens with one attached hydrogen (secondary N) is 3. The summed E-state index contributed by atoms with van der Waals surface area (Å²) in [6.45, 7) is 0.482. The third kappa shape index (κ3) is 4.26. The number of hydrogen-bond donors (Lipinski definition) is 3. The molecule has 2 aliphatic heterocycles. The smallest absolute Gasteiger partial charge is 0.327 e. The van der Waals surface area contributed by atoms with Crippen molar-refractivity contribution in [2.45, 2.75) is 37.1 Å². The molecule has 156 valence electrons. The molecule has 8 nitrogen and oxygen atoms in total. The lowest BCUT2D eigenvalue weighted by Crippen LogP contribution is -2.74. The summed E-state index contributed by atoms with van der Waals surface area (Å²) in [6.07, 6.45) is 1.95. The van der Waals surface area contributed by atoms with Crippen LogP contribution in [0, 0.1) is 11.8 Å². The van der Waals surface area contributed by atoms with Crippen molar-refractivity contribution >= 4 is 29.6 Å². The molecule has 3 fully saturated rings. The number of thioether (sulfide) groups is 1. The molecule has 2 saturated heterocycles. The van der Waals surface area contributed by atoms with Crippen molar-refractivity contribution in [1.82, 2.24) is 25.8 Å². The van der Waals surface area contributed by atoms with Crippen LogP contribution >= 0.6 is 11.8 Å². The molecular weight excluding hydrogens is 390 g/mol. The van der Waals surface area contributed by atoms with Crippen molar-refractivity contribution in [3.8, 4) is 0 Å². The summed E-state index contributed by atoms with van der Waals surface area (Å²) in [4.78, 5) is 40.4. The minimum absolute atomic E-state index is 0.0487. The van der Waals surface area contributed by atoms with Gasteiger partial charge >= 0.3 is 6.03 Å². The molecule has 1 aromatic rings. The largest absolute Gasteiger partial charge is 0.351 e. The van der Waals surface area contributed by atoms with E-state index in [9.17, 15) is 14.4 Å². The van der Waals surface area contributed by atoms with Gasteiger partial charge in [0.05, 0.1) is 29.4 Å². The summed E-state index contributed by atoms with van der Waals surface area (Å²) in [5.41, 5.74) is 1.05. The van der Waals surface area contributed by atoms with E-state index in [1.165, 1.54) is 23.7 Å². The lowest BCUT2D eigenvalue weighted by molar-refractivity contribution is -0.140. The Morgan fingerprint density at radius 2 is 1.90 bits per heavy atom. The zero-order valence-corrected chi connectivity index (χ0v) is 17.4. The Kier molecular flexibility index (Phi) is 5.80. The molecule has 0 radical (unpaired) electrons. The predicted octanol–water partition coefficient (Wildman–Crippen LogP) is 0.757. The monoisotopic (exact) mass is 417 g/mol. The molecule has 0 aromatic heterocycles. The fourth-order valence-electron chi connectivity index (χ4n) is 3.94. The quantitative estimate of drug-likeness (QED) is 0.633. The number of amides is 4. The van der Waals surface area contributed by atoms with E-state index < -0.39 is 5.92 Å². The van der Waals surface area contributed by atoms with E-state index in [0.29, 0.717) is 12.5 Å². The van der Waals surface area contributed by atoms with Gasteiger partial charge in [-0.25, -0.2) is 4.79 Å². The summed E-state index contributed by atoms with van der Waals surface area (Å²) < 4.78 is 0. The summed E-state index contributed by atoms with van der Waals surface area (Å²) in [5.74, 6) is 0.0304. The maximum absolute atomic E-state index is 12.9. The minimum atomic E-state index is -0.440. The first-order valence-electron chi connectivity index (χ1n) is 9.94. The van der Waals surface area contributed by atoms with E-state index in [0.717, 1.165) is 18.4 Å².